The lowest BCUT2D eigenvalue weighted by Gasteiger charge is -2.25. The number of hydrogen-bond donors (Lipinski definition) is 3. The van der Waals surface area contributed by atoms with Crippen molar-refractivity contribution in [2.75, 3.05) is 12.4 Å². The molecule has 0 saturated carbocycles. The summed E-state index contributed by atoms with van der Waals surface area (Å²) in [5, 5.41) is 15.9. The van der Waals surface area contributed by atoms with Crippen molar-refractivity contribution in [3.05, 3.63) is 58.1 Å². The van der Waals surface area contributed by atoms with E-state index in [1.807, 2.05) is 32.0 Å². The fourth-order valence-corrected chi connectivity index (χ4v) is 4.26. The quantitative estimate of drug-likeness (QED) is 0.387. The van der Waals surface area contributed by atoms with E-state index in [0.29, 0.717) is 23.4 Å². The van der Waals surface area contributed by atoms with Gasteiger partial charge in [-0.2, -0.15) is 0 Å². The molecule has 1 unspecified atom stereocenters. The minimum Gasteiger partial charge on any atom is -0.507 e. The van der Waals surface area contributed by atoms with Crippen LogP contribution in [0.4, 0.5) is 5.69 Å². The molecule has 0 spiro atoms. The molecule has 0 aliphatic rings. The molecular weight excluding hydrogens is 412 g/mol. The molecule has 0 heterocycles. The van der Waals surface area contributed by atoms with Crippen LogP contribution < -0.4 is 10.6 Å². The average molecular weight is 453 g/mol. The van der Waals surface area contributed by atoms with Gasteiger partial charge in [0.05, 0.1) is 0 Å². The van der Waals surface area contributed by atoms with E-state index in [4.69, 9.17) is 0 Å². The van der Waals surface area contributed by atoms with Gasteiger partial charge in [-0.25, -0.2) is 0 Å². The molecule has 3 N–H and O–H groups in total. The van der Waals surface area contributed by atoms with Crippen molar-refractivity contribution >= 4 is 17.5 Å². The highest BCUT2D eigenvalue weighted by molar-refractivity contribution is 5.98. The van der Waals surface area contributed by atoms with Gasteiger partial charge < -0.3 is 15.7 Å². The molecule has 2 aromatic carbocycles. The van der Waals surface area contributed by atoms with Crippen LogP contribution in [0, 0.1) is 13.8 Å². The summed E-state index contributed by atoms with van der Waals surface area (Å²) in [5.74, 6) is 0.129. The molecule has 5 nitrogen and oxygen atoms in total. The van der Waals surface area contributed by atoms with Crippen molar-refractivity contribution in [2.24, 2.45) is 0 Å². The van der Waals surface area contributed by atoms with Gasteiger partial charge in [-0.15, -0.1) is 0 Å². The first-order valence-corrected chi connectivity index (χ1v) is 11.9. The van der Waals surface area contributed by atoms with Crippen LogP contribution in [0.2, 0.25) is 0 Å². The van der Waals surface area contributed by atoms with Gasteiger partial charge in [0.15, 0.2) is 0 Å². The van der Waals surface area contributed by atoms with Gasteiger partial charge >= 0.3 is 0 Å². The number of aryl methyl sites for hydroxylation is 2. The number of anilines is 1. The molecule has 33 heavy (non-hydrogen) atoms. The number of carbonyl (C=O) groups is 2. The third-order valence-corrected chi connectivity index (χ3v) is 6.16. The second-order valence-corrected chi connectivity index (χ2v) is 10.0. The fourth-order valence-electron chi connectivity index (χ4n) is 4.26. The van der Waals surface area contributed by atoms with E-state index in [-0.39, 0.29) is 23.1 Å². The number of rotatable bonds is 9. The lowest BCUT2D eigenvalue weighted by atomic mass is 9.84. The number of benzene rings is 2. The smallest absolute Gasteiger partial charge is 0.251 e. The van der Waals surface area contributed by atoms with Gasteiger partial charge in [0.2, 0.25) is 5.91 Å². The third kappa shape index (κ3) is 7.08. The Labute approximate surface area is 199 Å². The molecule has 2 rings (SSSR count). The van der Waals surface area contributed by atoms with Crippen molar-refractivity contribution in [3.8, 4) is 5.75 Å². The molecule has 0 aromatic heterocycles. The lowest BCUT2D eigenvalue weighted by molar-refractivity contribution is -0.116. The van der Waals surface area contributed by atoms with Crippen LogP contribution in [0.3, 0.4) is 0 Å². The third-order valence-electron chi connectivity index (χ3n) is 6.16. The normalized spacial score (nSPS) is 12.3. The molecule has 1 atom stereocenters. The predicted octanol–water partition coefficient (Wildman–Crippen LogP) is 6.36. The van der Waals surface area contributed by atoms with E-state index in [2.05, 4.69) is 38.3 Å². The van der Waals surface area contributed by atoms with Crippen LogP contribution in [-0.2, 0) is 10.2 Å². The Bertz CT molecular complexity index is 966. The summed E-state index contributed by atoms with van der Waals surface area (Å²) in [4.78, 5) is 25.4. The SMILES string of the molecule is CCCCCC(CC(=O)Nc1cc(C(=O)NC)ccc1C(C)(C)C)c1cc(C)c(O)c(C)c1. The second kappa shape index (κ2) is 11.4. The zero-order valence-corrected chi connectivity index (χ0v) is 21.3. The Morgan fingerprint density at radius 1 is 1.03 bits per heavy atom. The summed E-state index contributed by atoms with van der Waals surface area (Å²) >= 11 is 0. The number of nitrogens with one attached hydrogen (secondary N) is 2. The first-order chi connectivity index (χ1) is 15.5. The van der Waals surface area contributed by atoms with Gasteiger partial charge in [0.1, 0.15) is 5.75 Å². The molecular formula is C28H40N2O3. The van der Waals surface area contributed by atoms with Crippen LogP contribution in [0.25, 0.3) is 0 Å². The number of carbonyl (C=O) groups excluding carboxylic acids is 2. The highest BCUT2D eigenvalue weighted by Crippen LogP contribution is 2.34. The first kappa shape index (κ1) is 26.4. The highest BCUT2D eigenvalue weighted by atomic mass is 16.3. The zero-order chi connectivity index (χ0) is 24.8. The number of hydrogen-bond acceptors (Lipinski definition) is 3. The lowest BCUT2D eigenvalue weighted by Crippen LogP contribution is -2.22. The summed E-state index contributed by atoms with van der Waals surface area (Å²) in [6, 6.07) is 9.48. The van der Waals surface area contributed by atoms with Crippen molar-refractivity contribution in [3.63, 3.8) is 0 Å². The van der Waals surface area contributed by atoms with E-state index in [0.717, 1.165) is 47.9 Å². The Hall–Kier alpha value is -2.82. The van der Waals surface area contributed by atoms with Crippen molar-refractivity contribution in [2.45, 2.75) is 85.0 Å². The molecule has 2 amide bonds. The van der Waals surface area contributed by atoms with E-state index in [1.165, 1.54) is 0 Å². The highest BCUT2D eigenvalue weighted by Gasteiger charge is 2.23. The van der Waals surface area contributed by atoms with Crippen molar-refractivity contribution in [1.82, 2.24) is 5.32 Å². The number of amides is 2. The van der Waals surface area contributed by atoms with Gasteiger partial charge in [-0.3, -0.25) is 9.59 Å². The summed E-state index contributed by atoms with van der Waals surface area (Å²) in [6.45, 7) is 12.2. The second-order valence-electron chi connectivity index (χ2n) is 10.0. The summed E-state index contributed by atoms with van der Waals surface area (Å²) in [6.07, 6.45) is 4.55. The molecule has 5 heteroatoms. The molecule has 0 bridgehead atoms. The maximum atomic E-state index is 13.2. The molecule has 0 aliphatic heterocycles. The van der Waals surface area contributed by atoms with E-state index >= 15 is 0 Å². The van der Waals surface area contributed by atoms with Crippen LogP contribution in [-0.4, -0.2) is 24.0 Å². The summed E-state index contributed by atoms with van der Waals surface area (Å²) in [7, 11) is 1.60. The zero-order valence-electron chi connectivity index (χ0n) is 21.3. The Morgan fingerprint density at radius 3 is 2.21 bits per heavy atom. The van der Waals surface area contributed by atoms with E-state index in [1.54, 1.807) is 19.2 Å². The molecule has 0 aliphatic carbocycles. The largest absolute Gasteiger partial charge is 0.507 e. The monoisotopic (exact) mass is 452 g/mol. The standard InChI is InChI=1S/C28H40N2O3/c1-8-9-10-11-20(22-14-18(2)26(32)19(3)15-22)17-25(31)30-24-16-21(27(33)29-7)12-13-23(24)28(4,5)6/h12-16,20,32H,8-11,17H2,1-7H3,(H,29,33)(H,30,31). The molecule has 2 aromatic rings. The summed E-state index contributed by atoms with van der Waals surface area (Å²) in [5.41, 5.74) is 4.75. The van der Waals surface area contributed by atoms with Crippen LogP contribution >= 0.6 is 0 Å². The first-order valence-electron chi connectivity index (χ1n) is 11.9. The number of aromatic hydroxyl groups is 1. The van der Waals surface area contributed by atoms with Crippen LogP contribution in [0.5, 0.6) is 5.75 Å². The summed E-state index contributed by atoms with van der Waals surface area (Å²) < 4.78 is 0. The molecule has 0 saturated heterocycles. The van der Waals surface area contributed by atoms with Gasteiger partial charge in [0.25, 0.3) is 5.91 Å². The minimum absolute atomic E-state index is 0.0646. The maximum absolute atomic E-state index is 13.2. The molecule has 0 radical (unpaired) electrons. The Kier molecular flexibility index (Phi) is 9.09. The van der Waals surface area contributed by atoms with Gasteiger partial charge in [0, 0.05) is 24.7 Å². The molecule has 180 valence electrons. The van der Waals surface area contributed by atoms with Crippen LogP contribution in [0.1, 0.15) is 98.3 Å². The van der Waals surface area contributed by atoms with Gasteiger partial charge in [-0.05, 0) is 66.0 Å². The number of phenols is 1. The maximum Gasteiger partial charge on any atom is 0.251 e. The topological polar surface area (TPSA) is 78.4 Å². The van der Waals surface area contributed by atoms with Gasteiger partial charge in [-0.1, -0.05) is 65.2 Å². The molecule has 0 fully saturated rings. The van der Waals surface area contributed by atoms with E-state index in [9.17, 15) is 14.7 Å². The predicted molar refractivity (Wildman–Crippen MR) is 136 cm³/mol. The Balaban J connectivity index is 2.33. The minimum atomic E-state index is -0.185. The average Bonchev–Trinajstić information content (AvgIpc) is 2.75. The number of unbranched alkanes of at least 4 members (excludes halogenated alkanes) is 2. The van der Waals surface area contributed by atoms with Crippen molar-refractivity contribution in [1.29, 1.82) is 0 Å². The van der Waals surface area contributed by atoms with E-state index < -0.39 is 0 Å². The fraction of sp³-hybridized carbons (Fsp3) is 0.500. The Morgan fingerprint density at radius 2 is 1.67 bits per heavy atom. The van der Waals surface area contributed by atoms with Crippen LogP contribution in [0.15, 0.2) is 30.3 Å². The number of phenolic OH excluding ortho intramolecular Hbond substituents is 1. The van der Waals surface area contributed by atoms with Crippen molar-refractivity contribution < 1.29 is 14.7 Å².